The number of para-hydroxylation sites is 1. The first-order valence-electron chi connectivity index (χ1n) is 7.20. The predicted octanol–water partition coefficient (Wildman–Crippen LogP) is 2.50. The molecule has 1 aromatic heterocycles. The molecule has 0 fully saturated rings. The summed E-state index contributed by atoms with van der Waals surface area (Å²) in [7, 11) is 1.80. The highest BCUT2D eigenvalue weighted by molar-refractivity contribution is 5.98. The highest BCUT2D eigenvalue weighted by Crippen LogP contribution is 2.29. The molecule has 0 saturated heterocycles. The van der Waals surface area contributed by atoms with Crippen LogP contribution in [0.3, 0.4) is 0 Å². The fraction of sp³-hybridized carbons (Fsp3) is 0.294. The normalized spacial score (nSPS) is 14.7. The number of hydrogen-bond acceptors (Lipinski definition) is 3. The van der Waals surface area contributed by atoms with Crippen LogP contribution in [0.1, 0.15) is 12.5 Å². The number of hydrogen-bond donors (Lipinski definition) is 0. The Morgan fingerprint density at radius 1 is 1.29 bits per heavy atom. The monoisotopic (exact) mass is 281 g/mol. The van der Waals surface area contributed by atoms with Crippen LogP contribution < -0.4 is 9.80 Å². The highest BCUT2D eigenvalue weighted by atomic mass is 16.2. The van der Waals surface area contributed by atoms with Crippen molar-refractivity contribution in [3.8, 4) is 0 Å². The molecular weight excluding hydrogens is 262 g/mol. The summed E-state index contributed by atoms with van der Waals surface area (Å²) in [5, 5.41) is 0. The summed E-state index contributed by atoms with van der Waals surface area (Å²) in [4.78, 5) is 20.6. The number of carbonyl (C=O) groups excluding carboxylic acids is 1. The number of rotatable bonds is 3. The van der Waals surface area contributed by atoms with E-state index in [9.17, 15) is 4.79 Å². The Bertz CT molecular complexity index is 641. The Balaban J connectivity index is 1.80. The van der Waals surface area contributed by atoms with E-state index in [1.165, 1.54) is 11.3 Å². The molecule has 2 aromatic rings. The maximum Gasteiger partial charge on any atom is 0.249 e. The zero-order valence-electron chi connectivity index (χ0n) is 12.4. The molecule has 3 rings (SSSR count). The predicted molar refractivity (Wildman–Crippen MR) is 84.6 cm³/mol. The van der Waals surface area contributed by atoms with Crippen LogP contribution >= 0.6 is 0 Å². The average Bonchev–Trinajstić information content (AvgIpc) is 2.97. The first-order chi connectivity index (χ1) is 10.2. The molecule has 1 unspecified atom stereocenters. The van der Waals surface area contributed by atoms with Crippen LogP contribution in [-0.4, -0.2) is 30.5 Å². The van der Waals surface area contributed by atoms with Gasteiger partial charge >= 0.3 is 0 Å². The van der Waals surface area contributed by atoms with Gasteiger partial charge in [-0.25, -0.2) is 0 Å². The van der Waals surface area contributed by atoms with Gasteiger partial charge in [-0.2, -0.15) is 0 Å². The number of fused-ring (bicyclic) bond motifs is 1. The molecule has 1 aromatic carbocycles. The third kappa shape index (κ3) is 2.49. The standard InChI is InChI=1S/C17H19N3O/c1-13(17(21)19(2)15-7-5-10-18-12-15)20-11-9-14-6-3-4-8-16(14)20/h3-8,10,12-13H,9,11H2,1-2H3. The lowest BCUT2D eigenvalue weighted by molar-refractivity contribution is -0.119. The summed E-state index contributed by atoms with van der Waals surface area (Å²) in [6, 6.07) is 11.9. The van der Waals surface area contributed by atoms with Gasteiger partial charge in [0, 0.05) is 25.5 Å². The van der Waals surface area contributed by atoms with E-state index < -0.39 is 0 Å². The molecule has 2 heterocycles. The molecule has 1 amide bonds. The van der Waals surface area contributed by atoms with Crippen LogP contribution in [0.5, 0.6) is 0 Å². The number of aromatic nitrogens is 1. The Morgan fingerprint density at radius 2 is 2.10 bits per heavy atom. The van der Waals surface area contributed by atoms with Gasteiger partial charge in [0.05, 0.1) is 11.9 Å². The third-order valence-electron chi connectivity index (χ3n) is 4.11. The second-order valence-corrected chi connectivity index (χ2v) is 5.36. The molecule has 0 N–H and O–H groups in total. The average molecular weight is 281 g/mol. The van der Waals surface area contributed by atoms with Crippen molar-refractivity contribution in [1.82, 2.24) is 4.98 Å². The van der Waals surface area contributed by atoms with Crippen molar-refractivity contribution >= 4 is 17.3 Å². The van der Waals surface area contributed by atoms with Crippen molar-refractivity contribution in [3.05, 3.63) is 54.4 Å². The number of amides is 1. The lowest BCUT2D eigenvalue weighted by Gasteiger charge is -2.30. The molecule has 0 saturated carbocycles. The third-order valence-corrected chi connectivity index (χ3v) is 4.11. The summed E-state index contributed by atoms with van der Waals surface area (Å²) < 4.78 is 0. The Labute approximate surface area is 125 Å². The van der Waals surface area contributed by atoms with Gasteiger partial charge in [-0.1, -0.05) is 18.2 Å². The van der Waals surface area contributed by atoms with Gasteiger partial charge in [-0.05, 0) is 37.1 Å². The van der Waals surface area contributed by atoms with Gasteiger partial charge in [0.15, 0.2) is 0 Å². The fourth-order valence-electron chi connectivity index (χ4n) is 2.86. The van der Waals surface area contributed by atoms with Gasteiger partial charge in [-0.15, -0.1) is 0 Å². The Morgan fingerprint density at radius 3 is 2.86 bits per heavy atom. The topological polar surface area (TPSA) is 36.4 Å². The van der Waals surface area contributed by atoms with Crippen molar-refractivity contribution in [2.45, 2.75) is 19.4 Å². The van der Waals surface area contributed by atoms with Crippen molar-refractivity contribution in [1.29, 1.82) is 0 Å². The zero-order chi connectivity index (χ0) is 14.8. The van der Waals surface area contributed by atoms with Crippen LogP contribution in [0.4, 0.5) is 11.4 Å². The number of likely N-dealkylation sites (N-methyl/N-ethyl adjacent to an activating group) is 1. The molecule has 0 spiro atoms. The summed E-state index contributed by atoms with van der Waals surface area (Å²) in [6.45, 7) is 2.87. The molecule has 0 radical (unpaired) electrons. The quantitative estimate of drug-likeness (QED) is 0.867. The first-order valence-corrected chi connectivity index (χ1v) is 7.20. The maximum absolute atomic E-state index is 12.7. The minimum Gasteiger partial charge on any atom is -0.359 e. The molecule has 0 bridgehead atoms. The molecule has 0 aliphatic carbocycles. The number of benzene rings is 1. The summed E-state index contributed by atoms with van der Waals surface area (Å²) in [5.74, 6) is 0.0831. The molecular formula is C17H19N3O. The lowest BCUT2D eigenvalue weighted by Crippen LogP contribution is -2.45. The van der Waals surface area contributed by atoms with Crippen molar-refractivity contribution in [2.75, 3.05) is 23.4 Å². The SMILES string of the molecule is CC(C(=O)N(C)c1cccnc1)N1CCc2ccccc21. The van der Waals surface area contributed by atoms with Gasteiger partial charge in [-0.3, -0.25) is 9.78 Å². The van der Waals surface area contributed by atoms with E-state index in [0.717, 1.165) is 18.7 Å². The van der Waals surface area contributed by atoms with Crippen molar-refractivity contribution in [3.63, 3.8) is 0 Å². The van der Waals surface area contributed by atoms with Gasteiger partial charge in [0.25, 0.3) is 0 Å². The second-order valence-electron chi connectivity index (χ2n) is 5.36. The first kappa shape index (κ1) is 13.6. The van der Waals surface area contributed by atoms with E-state index in [0.29, 0.717) is 0 Å². The summed E-state index contributed by atoms with van der Waals surface area (Å²) >= 11 is 0. The van der Waals surface area contributed by atoms with E-state index in [1.54, 1.807) is 24.3 Å². The Kier molecular flexibility index (Phi) is 3.60. The smallest absolute Gasteiger partial charge is 0.249 e. The van der Waals surface area contributed by atoms with Crippen LogP contribution in [0.2, 0.25) is 0 Å². The van der Waals surface area contributed by atoms with E-state index in [2.05, 4.69) is 28.1 Å². The van der Waals surface area contributed by atoms with E-state index >= 15 is 0 Å². The maximum atomic E-state index is 12.7. The minimum absolute atomic E-state index is 0.0831. The summed E-state index contributed by atoms with van der Waals surface area (Å²) in [5.41, 5.74) is 3.32. The van der Waals surface area contributed by atoms with Gasteiger partial charge < -0.3 is 9.80 Å². The highest BCUT2D eigenvalue weighted by Gasteiger charge is 2.29. The molecule has 4 nitrogen and oxygen atoms in total. The number of carbonyl (C=O) groups is 1. The van der Waals surface area contributed by atoms with Crippen molar-refractivity contribution in [2.24, 2.45) is 0 Å². The van der Waals surface area contributed by atoms with Crippen LogP contribution in [0.25, 0.3) is 0 Å². The van der Waals surface area contributed by atoms with Crippen molar-refractivity contribution < 1.29 is 4.79 Å². The molecule has 21 heavy (non-hydrogen) atoms. The number of pyridine rings is 1. The molecule has 1 aliphatic heterocycles. The van der Waals surface area contributed by atoms with E-state index in [4.69, 9.17) is 0 Å². The second kappa shape index (κ2) is 5.56. The lowest BCUT2D eigenvalue weighted by atomic mass is 10.1. The molecule has 1 atom stereocenters. The summed E-state index contributed by atoms with van der Waals surface area (Å²) in [6.07, 6.45) is 4.43. The number of anilines is 2. The van der Waals surface area contributed by atoms with Crippen LogP contribution in [0, 0.1) is 0 Å². The van der Waals surface area contributed by atoms with E-state index in [-0.39, 0.29) is 11.9 Å². The zero-order valence-corrected chi connectivity index (χ0v) is 12.4. The van der Waals surface area contributed by atoms with Gasteiger partial charge in [0.2, 0.25) is 5.91 Å². The minimum atomic E-state index is -0.182. The fourth-order valence-corrected chi connectivity index (χ4v) is 2.86. The largest absolute Gasteiger partial charge is 0.359 e. The Hall–Kier alpha value is -2.36. The van der Waals surface area contributed by atoms with Gasteiger partial charge in [0.1, 0.15) is 6.04 Å². The molecule has 1 aliphatic rings. The molecule has 108 valence electrons. The number of nitrogens with zero attached hydrogens (tertiary/aromatic N) is 3. The van der Waals surface area contributed by atoms with Crippen LogP contribution in [0.15, 0.2) is 48.8 Å². The molecule has 4 heteroatoms. The van der Waals surface area contributed by atoms with E-state index in [1.807, 2.05) is 25.1 Å². The van der Waals surface area contributed by atoms with Crippen LogP contribution in [-0.2, 0) is 11.2 Å².